The van der Waals surface area contributed by atoms with E-state index in [0.29, 0.717) is 5.69 Å². The molecule has 3 aromatic rings. The van der Waals surface area contributed by atoms with Gasteiger partial charge in [-0.3, -0.25) is 4.57 Å². The van der Waals surface area contributed by atoms with Crippen molar-refractivity contribution < 1.29 is 5.11 Å². The Bertz CT molecular complexity index is 820. The molecule has 0 radical (unpaired) electrons. The third kappa shape index (κ3) is 2.54. The van der Waals surface area contributed by atoms with Gasteiger partial charge in [0.15, 0.2) is 0 Å². The Morgan fingerprint density at radius 1 is 1.14 bits per heavy atom. The molecule has 3 N–H and O–H groups in total. The summed E-state index contributed by atoms with van der Waals surface area (Å²) in [5.74, 6) is 0.195. The highest BCUT2D eigenvalue weighted by atomic mass is 16.3. The van der Waals surface area contributed by atoms with Gasteiger partial charge in [0, 0.05) is 18.0 Å². The average molecular weight is 283 g/mol. The smallest absolute Gasteiger partial charge is 0.354 e. The van der Waals surface area contributed by atoms with E-state index >= 15 is 0 Å². The van der Waals surface area contributed by atoms with E-state index in [4.69, 9.17) is 10.8 Å². The first kappa shape index (κ1) is 13.1. The summed E-state index contributed by atoms with van der Waals surface area (Å²) in [6, 6.07) is 8.79. The van der Waals surface area contributed by atoms with Crippen LogP contribution in [0.1, 0.15) is 5.56 Å². The predicted octanol–water partition coefficient (Wildman–Crippen LogP) is 0.493. The van der Waals surface area contributed by atoms with Crippen LogP contribution in [0.5, 0.6) is 0 Å². The first-order valence-corrected chi connectivity index (χ1v) is 6.28. The monoisotopic (exact) mass is 283 g/mol. The standard InChI is InChI=1S/C14H13N5O2/c15-13-5-6-18(14(21)17-13)11-1-3-12(4-2-11)19-8-10(9-20)7-16-19/h1-8,20H,9H2,(H2,15,17,21). The summed E-state index contributed by atoms with van der Waals surface area (Å²) in [6.45, 7) is -0.0510. The Labute approximate surface area is 119 Å². The van der Waals surface area contributed by atoms with E-state index < -0.39 is 5.69 Å². The van der Waals surface area contributed by atoms with Crippen molar-refractivity contribution >= 4 is 5.82 Å². The van der Waals surface area contributed by atoms with Crippen LogP contribution in [0.15, 0.2) is 53.7 Å². The van der Waals surface area contributed by atoms with Crippen LogP contribution in [-0.2, 0) is 6.61 Å². The summed E-state index contributed by atoms with van der Waals surface area (Å²) in [5, 5.41) is 13.2. The Balaban J connectivity index is 1.95. The van der Waals surface area contributed by atoms with Gasteiger partial charge < -0.3 is 10.8 Å². The highest BCUT2D eigenvalue weighted by Gasteiger charge is 2.03. The summed E-state index contributed by atoms with van der Waals surface area (Å²) < 4.78 is 3.06. The molecule has 0 unspecified atom stereocenters. The van der Waals surface area contributed by atoms with Crippen LogP contribution in [0.25, 0.3) is 11.4 Å². The summed E-state index contributed by atoms with van der Waals surface area (Å²) in [5.41, 5.74) is 7.29. The van der Waals surface area contributed by atoms with Gasteiger partial charge in [-0.1, -0.05) is 0 Å². The first-order chi connectivity index (χ1) is 10.2. The van der Waals surface area contributed by atoms with Gasteiger partial charge in [0.05, 0.1) is 24.2 Å². The fourth-order valence-corrected chi connectivity index (χ4v) is 1.96. The highest BCUT2D eigenvalue weighted by molar-refractivity contribution is 5.42. The summed E-state index contributed by atoms with van der Waals surface area (Å²) >= 11 is 0. The number of anilines is 1. The van der Waals surface area contributed by atoms with Crippen molar-refractivity contribution in [2.75, 3.05) is 5.73 Å². The molecule has 1 aromatic carbocycles. The lowest BCUT2D eigenvalue weighted by atomic mass is 10.2. The molecule has 0 aliphatic heterocycles. The van der Waals surface area contributed by atoms with Crippen LogP contribution in [-0.4, -0.2) is 24.4 Å². The summed E-state index contributed by atoms with van der Waals surface area (Å²) in [7, 11) is 0. The van der Waals surface area contributed by atoms with Crippen molar-refractivity contribution in [1.29, 1.82) is 0 Å². The zero-order valence-corrected chi connectivity index (χ0v) is 11.0. The molecular weight excluding hydrogens is 270 g/mol. The molecule has 0 spiro atoms. The number of aromatic nitrogens is 4. The van der Waals surface area contributed by atoms with E-state index in [-0.39, 0.29) is 12.4 Å². The van der Waals surface area contributed by atoms with Crippen LogP contribution in [0.4, 0.5) is 5.82 Å². The lowest BCUT2D eigenvalue weighted by Gasteiger charge is -2.06. The SMILES string of the molecule is Nc1ccn(-c2ccc(-n3cc(CO)cn3)cc2)c(=O)n1. The number of nitrogens with two attached hydrogens (primary N) is 1. The maximum absolute atomic E-state index is 11.8. The maximum atomic E-state index is 11.8. The van der Waals surface area contributed by atoms with Gasteiger partial charge in [0.2, 0.25) is 0 Å². The van der Waals surface area contributed by atoms with Gasteiger partial charge in [-0.15, -0.1) is 0 Å². The van der Waals surface area contributed by atoms with Gasteiger partial charge in [-0.25, -0.2) is 9.48 Å². The normalized spacial score (nSPS) is 10.7. The van der Waals surface area contributed by atoms with E-state index in [0.717, 1.165) is 11.3 Å². The molecule has 0 atom stereocenters. The van der Waals surface area contributed by atoms with Gasteiger partial charge in [-0.2, -0.15) is 10.1 Å². The summed E-state index contributed by atoms with van der Waals surface area (Å²) in [6.07, 6.45) is 4.92. The van der Waals surface area contributed by atoms with Gasteiger partial charge in [0.1, 0.15) is 5.82 Å². The van der Waals surface area contributed by atoms with Crippen LogP contribution < -0.4 is 11.4 Å². The van der Waals surface area contributed by atoms with Crippen LogP contribution in [0.2, 0.25) is 0 Å². The molecule has 21 heavy (non-hydrogen) atoms. The van der Waals surface area contributed by atoms with E-state index in [9.17, 15) is 4.79 Å². The second kappa shape index (κ2) is 5.22. The molecule has 7 heteroatoms. The third-order valence-corrected chi connectivity index (χ3v) is 3.04. The van der Waals surface area contributed by atoms with E-state index in [1.165, 1.54) is 4.57 Å². The Kier molecular flexibility index (Phi) is 3.25. The number of aliphatic hydroxyl groups is 1. The van der Waals surface area contributed by atoms with Crippen LogP contribution >= 0.6 is 0 Å². The number of benzene rings is 1. The number of aliphatic hydroxyl groups excluding tert-OH is 1. The minimum absolute atomic E-state index is 0.0510. The van der Waals surface area contributed by atoms with Crippen molar-refractivity contribution in [2.45, 2.75) is 6.61 Å². The predicted molar refractivity (Wildman–Crippen MR) is 77.3 cm³/mol. The zero-order valence-electron chi connectivity index (χ0n) is 11.0. The second-order valence-corrected chi connectivity index (χ2v) is 4.47. The number of nitrogen functional groups attached to an aromatic ring is 1. The molecule has 2 heterocycles. The van der Waals surface area contributed by atoms with Crippen LogP contribution in [0, 0.1) is 0 Å². The molecule has 0 bridgehead atoms. The fourth-order valence-electron chi connectivity index (χ4n) is 1.96. The average Bonchev–Trinajstić information content (AvgIpc) is 2.96. The molecule has 7 nitrogen and oxygen atoms in total. The Morgan fingerprint density at radius 2 is 1.86 bits per heavy atom. The molecule has 106 valence electrons. The molecule has 0 aliphatic rings. The molecule has 2 aromatic heterocycles. The van der Waals surface area contributed by atoms with Gasteiger partial charge in [-0.05, 0) is 30.3 Å². The Hall–Kier alpha value is -2.93. The molecule has 0 amide bonds. The van der Waals surface area contributed by atoms with Gasteiger partial charge in [0.25, 0.3) is 0 Å². The number of nitrogens with zero attached hydrogens (tertiary/aromatic N) is 4. The third-order valence-electron chi connectivity index (χ3n) is 3.04. The minimum atomic E-state index is -0.426. The van der Waals surface area contributed by atoms with Crippen molar-refractivity contribution in [2.24, 2.45) is 0 Å². The van der Waals surface area contributed by atoms with E-state index in [1.54, 1.807) is 41.5 Å². The zero-order chi connectivity index (χ0) is 14.8. The Morgan fingerprint density at radius 3 is 2.48 bits per heavy atom. The first-order valence-electron chi connectivity index (χ1n) is 6.28. The lowest BCUT2D eigenvalue weighted by Crippen LogP contribution is -2.21. The van der Waals surface area contributed by atoms with Crippen molar-refractivity contribution in [3.05, 3.63) is 65.0 Å². The molecule has 0 fully saturated rings. The van der Waals surface area contributed by atoms with Crippen molar-refractivity contribution in [1.82, 2.24) is 19.3 Å². The summed E-state index contributed by atoms with van der Waals surface area (Å²) in [4.78, 5) is 15.4. The van der Waals surface area contributed by atoms with Crippen molar-refractivity contribution in [3.8, 4) is 11.4 Å². The topological polar surface area (TPSA) is 99.0 Å². The fraction of sp³-hybridized carbons (Fsp3) is 0.0714. The number of hydrogen-bond donors (Lipinski definition) is 2. The quantitative estimate of drug-likeness (QED) is 0.729. The molecule has 0 saturated heterocycles. The number of rotatable bonds is 3. The van der Waals surface area contributed by atoms with E-state index in [1.807, 2.05) is 12.1 Å². The largest absolute Gasteiger partial charge is 0.392 e. The number of hydrogen-bond acceptors (Lipinski definition) is 5. The molecular formula is C14H13N5O2. The van der Waals surface area contributed by atoms with Gasteiger partial charge >= 0.3 is 5.69 Å². The maximum Gasteiger partial charge on any atom is 0.354 e. The van der Waals surface area contributed by atoms with E-state index in [2.05, 4.69) is 10.1 Å². The molecule has 0 aliphatic carbocycles. The highest BCUT2D eigenvalue weighted by Crippen LogP contribution is 2.12. The van der Waals surface area contributed by atoms with Crippen molar-refractivity contribution in [3.63, 3.8) is 0 Å². The molecule has 3 rings (SSSR count). The van der Waals surface area contributed by atoms with Crippen LogP contribution in [0.3, 0.4) is 0 Å². The lowest BCUT2D eigenvalue weighted by molar-refractivity contribution is 0.282. The molecule has 0 saturated carbocycles. The second-order valence-electron chi connectivity index (χ2n) is 4.47. The minimum Gasteiger partial charge on any atom is -0.392 e.